The van der Waals surface area contributed by atoms with E-state index in [0.717, 1.165) is 29.5 Å². The Morgan fingerprint density at radius 2 is 1.89 bits per heavy atom. The normalized spacial score (nSPS) is 19.0. The van der Waals surface area contributed by atoms with Gasteiger partial charge in [-0.25, -0.2) is 13.8 Å². The lowest BCUT2D eigenvalue weighted by Crippen LogP contribution is -2.43. The number of halogens is 2. The molecule has 2 aromatic carbocycles. The second kappa shape index (κ2) is 7.71. The number of benzene rings is 2. The molecule has 0 spiro atoms. The first kappa shape index (κ1) is 18.6. The zero-order valence-corrected chi connectivity index (χ0v) is 16.0. The summed E-state index contributed by atoms with van der Waals surface area (Å²) in [5, 5.41) is 7.03. The third-order valence-corrected chi connectivity index (χ3v) is 5.85. The number of carbonyl (C=O) groups is 1. The van der Waals surface area contributed by atoms with Crippen LogP contribution in [0.25, 0.3) is 10.2 Å². The summed E-state index contributed by atoms with van der Waals surface area (Å²) in [7, 11) is 1.44. The van der Waals surface area contributed by atoms with Crippen molar-refractivity contribution in [2.45, 2.75) is 31.3 Å². The number of nitrogens with zero attached hydrogens (tertiary/aromatic N) is 1. The number of amides is 1. The zero-order chi connectivity index (χ0) is 19.7. The lowest BCUT2D eigenvalue weighted by Gasteiger charge is -2.22. The number of methoxy groups -OCH3 is 1. The number of anilines is 1. The van der Waals surface area contributed by atoms with Gasteiger partial charge >= 0.3 is 0 Å². The molecule has 2 N–H and O–H groups in total. The van der Waals surface area contributed by atoms with Gasteiger partial charge in [-0.1, -0.05) is 11.3 Å². The van der Waals surface area contributed by atoms with Gasteiger partial charge in [0.25, 0.3) is 5.91 Å². The lowest BCUT2D eigenvalue weighted by atomic mass is 10.1. The van der Waals surface area contributed by atoms with Crippen LogP contribution in [0.15, 0.2) is 36.4 Å². The Morgan fingerprint density at radius 3 is 2.71 bits per heavy atom. The maximum absolute atomic E-state index is 13.6. The Labute approximate surface area is 164 Å². The van der Waals surface area contributed by atoms with E-state index in [4.69, 9.17) is 4.74 Å². The first-order chi connectivity index (χ1) is 13.5. The second-order valence-corrected chi connectivity index (χ2v) is 7.77. The average molecular weight is 403 g/mol. The van der Waals surface area contributed by atoms with Crippen LogP contribution in [0.3, 0.4) is 0 Å². The minimum atomic E-state index is -0.492. The third-order valence-electron chi connectivity index (χ3n) is 4.90. The molecule has 4 rings (SSSR count). The molecule has 28 heavy (non-hydrogen) atoms. The van der Waals surface area contributed by atoms with Crippen LogP contribution < -0.4 is 15.4 Å². The Bertz CT molecular complexity index is 1020. The number of hydrogen-bond donors (Lipinski definition) is 2. The molecule has 5 nitrogen and oxygen atoms in total. The largest absolute Gasteiger partial charge is 0.496 e. The van der Waals surface area contributed by atoms with Gasteiger partial charge in [-0.15, -0.1) is 0 Å². The number of ether oxygens (including phenoxy) is 1. The summed E-state index contributed by atoms with van der Waals surface area (Å²) in [6.07, 6.45) is 2.62. The molecule has 1 saturated carbocycles. The van der Waals surface area contributed by atoms with Gasteiger partial charge in [-0.2, -0.15) is 0 Å². The van der Waals surface area contributed by atoms with E-state index in [1.54, 1.807) is 6.07 Å². The first-order valence-electron chi connectivity index (χ1n) is 9.00. The number of nitrogens with one attached hydrogen (secondary N) is 2. The van der Waals surface area contributed by atoms with E-state index in [0.29, 0.717) is 10.9 Å². The molecule has 0 radical (unpaired) electrons. The van der Waals surface area contributed by atoms with E-state index in [2.05, 4.69) is 15.6 Å². The SMILES string of the molecule is COc1ccc(F)cc1C(=O)N[C@@H]1CCC[C@H]1Nc1nc2ccc(F)cc2s1. The highest BCUT2D eigenvalue weighted by atomic mass is 32.1. The van der Waals surface area contributed by atoms with Crippen LogP contribution in [0.4, 0.5) is 13.9 Å². The summed E-state index contributed by atoms with van der Waals surface area (Å²) in [6, 6.07) is 8.24. The van der Waals surface area contributed by atoms with Crippen LogP contribution in [-0.2, 0) is 0 Å². The molecule has 0 unspecified atom stereocenters. The minimum Gasteiger partial charge on any atom is -0.496 e. The fourth-order valence-electron chi connectivity index (χ4n) is 3.53. The van der Waals surface area contributed by atoms with Gasteiger partial charge in [-0.05, 0) is 55.7 Å². The monoisotopic (exact) mass is 403 g/mol. The number of hydrogen-bond acceptors (Lipinski definition) is 5. The number of carbonyl (C=O) groups excluding carboxylic acids is 1. The maximum Gasteiger partial charge on any atom is 0.255 e. The summed E-state index contributed by atoms with van der Waals surface area (Å²) in [4.78, 5) is 17.2. The van der Waals surface area contributed by atoms with Crippen molar-refractivity contribution >= 4 is 32.6 Å². The molecule has 2 atom stereocenters. The van der Waals surface area contributed by atoms with Gasteiger partial charge in [0.2, 0.25) is 0 Å². The molecular formula is C20H19F2N3O2S. The highest BCUT2D eigenvalue weighted by molar-refractivity contribution is 7.22. The van der Waals surface area contributed by atoms with Crippen molar-refractivity contribution in [2.24, 2.45) is 0 Å². The third kappa shape index (κ3) is 3.77. The second-order valence-electron chi connectivity index (χ2n) is 6.74. The molecule has 1 aliphatic carbocycles. The molecule has 1 heterocycles. The Morgan fingerprint density at radius 1 is 1.14 bits per heavy atom. The van der Waals surface area contributed by atoms with Crippen molar-refractivity contribution in [1.29, 1.82) is 0 Å². The van der Waals surface area contributed by atoms with Crippen molar-refractivity contribution in [3.63, 3.8) is 0 Å². The van der Waals surface area contributed by atoms with Gasteiger partial charge in [0.1, 0.15) is 17.4 Å². The Hall–Kier alpha value is -2.74. The maximum atomic E-state index is 13.6. The molecule has 1 aromatic heterocycles. The fourth-order valence-corrected chi connectivity index (χ4v) is 4.48. The summed E-state index contributed by atoms with van der Waals surface area (Å²) in [5.74, 6) is -0.831. The van der Waals surface area contributed by atoms with Gasteiger partial charge in [0.05, 0.1) is 22.9 Å². The zero-order valence-electron chi connectivity index (χ0n) is 15.2. The molecule has 1 aliphatic rings. The lowest BCUT2D eigenvalue weighted by molar-refractivity contribution is 0.0932. The predicted octanol–water partition coefficient (Wildman–Crippen LogP) is 4.35. The van der Waals surface area contributed by atoms with Crippen molar-refractivity contribution in [3.8, 4) is 5.75 Å². The Kier molecular flexibility index (Phi) is 5.13. The molecule has 0 bridgehead atoms. The van der Waals surface area contributed by atoms with Crippen molar-refractivity contribution in [2.75, 3.05) is 12.4 Å². The van der Waals surface area contributed by atoms with Gasteiger partial charge in [0, 0.05) is 12.1 Å². The molecular weight excluding hydrogens is 384 g/mol. The molecule has 1 fully saturated rings. The first-order valence-corrected chi connectivity index (χ1v) is 9.82. The van der Waals surface area contributed by atoms with Crippen LogP contribution in [0.5, 0.6) is 5.75 Å². The standard InChI is InChI=1S/C20H19F2N3O2S/c1-27-17-8-6-11(21)9-13(17)19(26)23-14-3-2-4-15(14)24-20-25-16-7-5-12(22)10-18(16)28-20/h5-10,14-15H,2-4H2,1H3,(H,23,26)(H,24,25)/t14-,15-/m1/s1. The van der Waals surface area contributed by atoms with E-state index in [1.807, 2.05) is 0 Å². The van der Waals surface area contributed by atoms with E-state index in [9.17, 15) is 13.6 Å². The van der Waals surface area contributed by atoms with E-state index in [1.165, 1.54) is 48.8 Å². The van der Waals surface area contributed by atoms with E-state index in [-0.39, 0.29) is 29.4 Å². The van der Waals surface area contributed by atoms with Crippen LogP contribution in [0.1, 0.15) is 29.6 Å². The highest BCUT2D eigenvalue weighted by Gasteiger charge is 2.30. The predicted molar refractivity (Wildman–Crippen MR) is 105 cm³/mol. The van der Waals surface area contributed by atoms with Gasteiger partial charge < -0.3 is 15.4 Å². The molecule has 0 aliphatic heterocycles. The quantitative estimate of drug-likeness (QED) is 0.665. The van der Waals surface area contributed by atoms with Crippen molar-refractivity contribution in [3.05, 3.63) is 53.6 Å². The van der Waals surface area contributed by atoms with Crippen LogP contribution in [0, 0.1) is 11.6 Å². The molecule has 146 valence electrons. The molecule has 3 aromatic rings. The fraction of sp³-hybridized carbons (Fsp3) is 0.300. The summed E-state index contributed by atoms with van der Waals surface area (Å²) < 4.78 is 32.9. The van der Waals surface area contributed by atoms with Gasteiger partial charge in [0.15, 0.2) is 5.13 Å². The number of thiazole rings is 1. The molecule has 8 heteroatoms. The van der Waals surface area contributed by atoms with Crippen LogP contribution in [-0.4, -0.2) is 30.1 Å². The van der Waals surface area contributed by atoms with E-state index < -0.39 is 5.82 Å². The highest BCUT2D eigenvalue weighted by Crippen LogP contribution is 2.30. The van der Waals surface area contributed by atoms with Crippen molar-refractivity contribution < 1.29 is 18.3 Å². The van der Waals surface area contributed by atoms with Crippen molar-refractivity contribution in [1.82, 2.24) is 10.3 Å². The molecule has 1 amide bonds. The Balaban J connectivity index is 1.48. The van der Waals surface area contributed by atoms with Crippen LogP contribution in [0.2, 0.25) is 0 Å². The minimum absolute atomic E-state index is 0.00564. The number of aromatic nitrogens is 1. The number of rotatable bonds is 5. The average Bonchev–Trinajstić information content (AvgIpc) is 3.27. The van der Waals surface area contributed by atoms with E-state index >= 15 is 0 Å². The molecule has 0 saturated heterocycles. The summed E-state index contributed by atoms with van der Waals surface area (Å²) in [5.41, 5.74) is 0.903. The topological polar surface area (TPSA) is 63.2 Å². The van der Waals surface area contributed by atoms with Gasteiger partial charge in [-0.3, -0.25) is 4.79 Å². The number of fused-ring (bicyclic) bond motifs is 1. The van der Waals surface area contributed by atoms with Crippen LogP contribution >= 0.6 is 11.3 Å². The summed E-state index contributed by atoms with van der Waals surface area (Å²) in [6.45, 7) is 0. The smallest absolute Gasteiger partial charge is 0.255 e. The summed E-state index contributed by atoms with van der Waals surface area (Å²) >= 11 is 1.38.